The van der Waals surface area contributed by atoms with Crippen LogP contribution < -0.4 is 0 Å². The van der Waals surface area contributed by atoms with E-state index in [1.54, 1.807) is 0 Å². The molecule has 1 heterocycles. The summed E-state index contributed by atoms with van der Waals surface area (Å²) in [6.45, 7) is -0.0438. The number of aromatic nitrogens is 1. The topological polar surface area (TPSA) is 95.5 Å². The Kier molecular flexibility index (Phi) is 5.17. The molecule has 1 aromatic heterocycles. The van der Waals surface area contributed by atoms with Crippen molar-refractivity contribution in [3.05, 3.63) is 57.5 Å². The van der Waals surface area contributed by atoms with Gasteiger partial charge in [0.1, 0.15) is 5.76 Å². The fraction of sp³-hybridized carbons (Fsp3) is 0.286. The number of nitro benzene ring substituents is 1. The molecule has 0 fully saturated rings. The number of nitro groups is 1. The minimum atomic E-state index is -4.57. The SMILES string of the molecule is O=C(OCCCc1cc(C(F)(F)F)no1)c1ccc([N+](=O)[O-])cc1. The van der Waals surface area contributed by atoms with Crippen LogP contribution in [-0.2, 0) is 17.3 Å². The molecule has 0 saturated heterocycles. The van der Waals surface area contributed by atoms with Gasteiger partial charge in [-0.15, -0.1) is 0 Å². The lowest BCUT2D eigenvalue weighted by atomic mass is 10.2. The number of carbonyl (C=O) groups excluding carboxylic acids is 1. The Balaban J connectivity index is 1.78. The quantitative estimate of drug-likeness (QED) is 0.345. The van der Waals surface area contributed by atoms with Gasteiger partial charge in [-0.3, -0.25) is 10.1 Å². The van der Waals surface area contributed by atoms with Crippen molar-refractivity contribution in [3.8, 4) is 0 Å². The van der Waals surface area contributed by atoms with Crippen molar-refractivity contribution in [2.75, 3.05) is 6.61 Å². The minimum Gasteiger partial charge on any atom is -0.462 e. The molecule has 128 valence electrons. The number of benzene rings is 1. The summed E-state index contributed by atoms with van der Waals surface area (Å²) in [4.78, 5) is 21.6. The summed E-state index contributed by atoms with van der Waals surface area (Å²) in [5, 5.41) is 13.4. The van der Waals surface area contributed by atoms with Gasteiger partial charge in [-0.2, -0.15) is 13.2 Å². The van der Waals surface area contributed by atoms with E-state index < -0.39 is 22.8 Å². The molecular formula is C14H11F3N2O5. The van der Waals surface area contributed by atoms with E-state index in [0.717, 1.165) is 6.07 Å². The summed E-state index contributed by atoms with van der Waals surface area (Å²) in [6.07, 6.45) is -4.20. The second kappa shape index (κ2) is 7.11. The zero-order valence-corrected chi connectivity index (χ0v) is 12.1. The third-order valence-corrected chi connectivity index (χ3v) is 2.96. The monoisotopic (exact) mass is 344 g/mol. The first-order valence-electron chi connectivity index (χ1n) is 6.72. The molecule has 0 spiro atoms. The number of non-ortho nitro benzene ring substituents is 1. The zero-order chi connectivity index (χ0) is 17.7. The summed E-state index contributed by atoms with van der Waals surface area (Å²) in [7, 11) is 0. The van der Waals surface area contributed by atoms with E-state index in [9.17, 15) is 28.1 Å². The van der Waals surface area contributed by atoms with E-state index >= 15 is 0 Å². The maximum atomic E-state index is 12.3. The van der Waals surface area contributed by atoms with Gasteiger partial charge in [0.2, 0.25) is 0 Å². The Hall–Kier alpha value is -2.91. The van der Waals surface area contributed by atoms with Crippen molar-refractivity contribution in [3.63, 3.8) is 0 Å². The van der Waals surface area contributed by atoms with Crippen LogP contribution in [0, 0.1) is 10.1 Å². The molecule has 0 unspecified atom stereocenters. The number of esters is 1. The molecule has 0 bridgehead atoms. The van der Waals surface area contributed by atoms with Crippen molar-refractivity contribution in [2.45, 2.75) is 19.0 Å². The summed E-state index contributed by atoms with van der Waals surface area (Å²) in [6, 6.07) is 5.64. The van der Waals surface area contributed by atoms with Crippen LogP contribution in [0.5, 0.6) is 0 Å². The van der Waals surface area contributed by atoms with Crippen LogP contribution in [0.25, 0.3) is 0 Å². The number of hydrogen-bond acceptors (Lipinski definition) is 6. The summed E-state index contributed by atoms with van der Waals surface area (Å²) in [5.74, 6) is -0.646. The molecule has 2 rings (SSSR count). The molecule has 0 atom stereocenters. The lowest BCUT2D eigenvalue weighted by Gasteiger charge is -2.03. The van der Waals surface area contributed by atoms with Gasteiger partial charge in [0.15, 0.2) is 5.69 Å². The molecule has 0 N–H and O–H groups in total. The van der Waals surface area contributed by atoms with Crippen LogP contribution in [-0.4, -0.2) is 22.7 Å². The van der Waals surface area contributed by atoms with Gasteiger partial charge in [-0.05, 0) is 18.6 Å². The molecule has 1 aromatic carbocycles. The first-order chi connectivity index (χ1) is 11.3. The fourth-order valence-corrected chi connectivity index (χ4v) is 1.78. The Bertz CT molecular complexity index is 725. The van der Waals surface area contributed by atoms with E-state index in [4.69, 9.17) is 4.74 Å². The van der Waals surface area contributed by atoms with E-state index in [-0.39, 0.29) is 36.5 Å². The Morgan fingerprint density at radius 1 is 1.29 bits per heavy atom. The second-order valence-corrected chi connectivity index (χ2v) is 4.72. The number of aryl methyl sites for hydroxylation is 1. The Labute approximate surface area is 133 Å². The zero-order valence-electron chi connectivity index (χ0n) is 12.1. The molecule has 7 nitrogen and oxygen atoms in total. The number of hydrogen-bond donors (Lipinski definition) is 0. The summed E-state index contributed by atoms with van der Waals surface area (Å²) < 4.78 is 46.5. The number of ether oxygens (including phenoxy) is 1. The minimum absolute atomic E-state index is 0.0358. The maximum Gasteiger partial charge on any atom is 0.436 e. The van der Waals surface area contributed by atoms with Crippen LogP contribution in [0.1, 0.15) is 28.2 Å². The van der Waals surface area contributed by atoms with Gasteiger partial charge in [0, 0.05) is 24.6 Å². The molecule has 0 aliphatic heterocycles. The van der Waals surface area contributed by atoms with Gasteiger partial charge in [0.05, 0.1) is 17.1 Å². The van der Waals surface area contributed by atoms with Crippen molar-refractivity contribution in [2.24, 2.45) is 0 Å². The van der Waals surface area contributed by atoms with Crippen LogP contribution in [0.4, 0.5) is 18.9 Å². The number of alkyl halides is 3. The number of rotatable bonds is 6. The largest absolute Gasteiger partial charge is 0.462 e. The van der Waals surface area contributed by atoms with Gasteiger partial charge in [-0.25, -0.2) is 4.79 Å². The first kappa shape index (κ1) is 17.4. The van der Waals surface area contributed by atoms with E-state index in [1.807, 2.05) is 0 Å². The van der Waals surface area contributed by atoms with Crippen LogP contribution in [0.3, 0.4) is 0 Å². The van der Waals surface area contributed by atoms with Crippen molar-refractivity contribution in [1.29, 1.82) is 0 Å². The predicted molar refractivity (Wildman–Crippen MR) is 73.2 cm³/mol. The first-order valence-corrected chi connectivity index (χ1v) is 6.72. The molecule has 10 heteroatoms. The molecule has 2 aromatic rings. The molecule has 0 saturated carbocycles. The van der Waals surface area contributed by atoms with Gasteiger partial charge < -0.3 is 9.26 Å². The standard InChI is InChI=1S/C14H11F3N2O5/c15-14(16,17)12-8-11(24-18-12)2-1-7-23-13(20)9-3-5-10(6-4-9)19(21)22/h3-6,8H,1-2,7H2. The molecule has 0 radical (unpaired) electrons. The highest BCUT2D eigenvalue weighted by atomic mass is 19.4. The number of halogens is 3. The van der Waals surface area contributed by atoms with Gasteiger partial charge in [0.25, 0.3) is 5.69 Å². The third kappa shape index (κ3) is 4.54. The van der Waals surface area contributed by atoms with Gasteiger partial charge in [-0.1, -0.05) is 5.16 Å². The number of nitrogens with zero attached hydrogens (tertiary/aromatic N) is 2. The molecule has 0 aliphatic carbocycles. The van der Waals surface area contributed by atoms with Crippen LogP contribution in [0.15, 0.2) is 34.9 Å². The van der Waals surface area contributed by atoms with Crippen LogP contribution in [0.2, 0.25) is 0 Å². The normalized spacial score (nSPS) is 11.3. The second-order valence-electron chi connectivity index (χ2n) is 4.72. The average molecular weight is 344 g/mol. The average Bonchev–Trinajstić information content (AvgIpc) is 3.00. The van der Waals surface area contributed by atoms with Gasteiger partial charge >= 0.3 is 12.1 Å². The summed E-state index contributed by atoms with van der Waals surface area (Å²) in [5.41, 5.74) is -1.13. The Morgan fingerprint density at radius 3 is 2.50 bits per heavy atom. The Morgan fingerprint density at radius 2 is 1.96 bits per heavy atom. The molecule has 24 heavy (non-hydrogen) atoms. The smallest absolute Gasteiger partial charge is 0.436 e. The lowest BCUT2D eigenvalue weighted by molar-refractivity contribution is -0.384. The lowest BCUT2D eigenvalue weighted by Crippen LogP contribution is -2.07. The van der Waals surface area contributed by atoms with Crippen molar-refractivity contribution in [1.82, 2.24) is 5.16 Å². The molecular weight excluding hydrogens is 333 g/mol. The highest BCUT2D eigenvalue weighted by Crippen LogP contribution is 2.28. The predicted octanol–water partition coefficient (Wildman–Crippen LogP) is 3.39. The number of carbonyl (C=O) groups is 1. The van der Waals surface area contributed by atoms with E-state index in [2.05, 4.69) is 9.68 Å². The highest BCUT2D eigenvalue weighted by Gasteiger charge is 2.34. The highest BCUT2D eigenvalue weighted by molar-refractivity contribution is 5.89. The van der Waals surface area contributed by atoms with E-state index in [1.165, 1.54) is 24.3 Å². The van der Waals surface area contributed by atoms with Crippen molar-refractivity contribution >= 4 is 11.7 Å². The van der Waals surface area contributed by atoms with Crippen LogP contribution >= 0.6 is 0 Å². The van der Waals surface area contributed by atoms with E-state index in [0.29, 0.717) is 0 Å². The fourth-order valence-electron chi connectivity index (χ4n) is 1.78. The maximum absolute atomic E-state index is 12.3. The van der Waals surface area contributed by atoms with Crippen molar-refractivity contribution < 1.29 is 32.1 Å². The summed E-state index contributed by atoms with van der Waals surface area (Å²) >= 11 is 0. The molecule has 0 aliphatic rings. The third-order valence-electron chi connectivity index (χ3n) is 2.96. The molecule has 0 amide bonds.